The third-order valence-electron chi connectivity index (χ3n) is 3.67. The lowest BCUT2D eigenvalue weighted by Gasteiger charge is -2.19. The van der Waals surface area contributed by atoms with Crippen LogP contribution in [0.2, 0.25) is 5.28 Å². The van der Waals surface area contributed by atoms with Crippen LogP contribution >= 0.6 is 22.9 Å². The average molecular weight is 362 g/mol. The van der Waals surface area contributed by atoms with Gasteiger partial charge >= 0.3 is 5.97 Å². The smallest absolute Gasteiger partial charge is 0.348 e. The van der Waals surface area contributed by atoms with Crippen molar-refractivity contribution in [2.24, 2.45) is 0 Å². The van der Waals surface area contributed by atoms with E-state index in [9.17, 15) is 4.79 Å². The van der Waals surface area contributed by atoms with Gasteiger partial charge in [0.2, 0.25) is 5.28 Å². The molecule has 24 heavy (non-hydrogen) atoms. The SMILES string of the molecule is CCOC(=O)c1sc2nc(Cl)nc(N(C)c3ccccc3)c2c1C. The molecule has 0 bridgehead atoms. The number of carbonyl (C=O) groups excluding carboxylic acids is 1. The van der Waals surface area contributed by atoms with Crippen molar-refractivity contribution in [2.45, 2.75) is 13.8 Å². The number of thiophene rings is 1. The number of nitrogens with zero attached hydrogens (tertiary/aromatic N) is 3. The fourth-order valence-electron chi connectivity index (χ4n) is 2.50. The Labute approximate surface area is 148 Å². The summed E-state index contributed by atoms with van der Waals surface area (Å²) in [5.74, 6) is 0.322. The van der Waals surface area contributed by atoms with Gasteiger partial charge in [-0.15, -0.1) is 11.3 Å². The largest absolute Gasteiger partial charge is 0.462 e. The number of aromatic nitrogens is 2. The first-order valence-corrected chi connectivity index (χ1v) is 8.65. The summed E-state index contributed by atoms with van der Waals surface area (Å²) >= 11 is 7.38. The van der Waals surface area contributed by atoms with Crippen LogP contribution in [0.4, 0.5) is 11.5 Å². The third-order valence-corrected chi connectivity index (χ3v) is 5.00. The molecule has 3 aromatic rings. The molecule has 0 fully saturated rings. The van der Waals surface area contributed by atoms with Gasteiger partial charge in [-0.1, -0.05) is 18.2 Å². The van der Waals surface area contributed by atoms with Crippen LogP contribution in [0.5, 0.6) is 0 Å². The number of fused-ring (bicyclic) bond motifs is 1. The monoisotopic (exact) mass is 361 g/mol. The van der Waals surface area contributed by atoms with Gasteiger partial charge < -0.3 is 9.64 Å². The summed E-state index contributed by atoms with van der Waals surface area (Å²) in [6.07, 6.45) is 0. The maximum absolute atomic E-state index is 12.2. The van der Waals surface area contributed by atoms with Crippen LogP contribution in [-0.2, 0) is 4.74 Å². The van der Waals surface area contributed by atoms with Gasteiger partial charge in [-0.2, -0.15) is 4.98 Å². The van der Waals surface area contributed by atoms with E-state index in [1.165, 1.54) is 11.3 Å². The Balaban J connectivity index is 2.19. The molecule has 0 atom stereocenters. The molecule has 2 aromatic heterocycles. The Bertz CT molecular complexity index is 896. The summed E-state index contributed by atoms with van der Waals surface area (Å²) in [7, 11) is 1.91. The van der Waals surface area contributed by atoms with Crippen molar-refractivity contribution in [2.75, 3.05) is 18.6 Å². The number of hydrogen-bond donors (Lipinski definition) is 0. The van der Waals surface area contributed by atoms with E-state index < -0.39 is 0 Å². The summed E-state index contributed by atoms with van der Waals surface area (Å²) in [5, 5.41) is 0.968. The minimum absolute atomic E-state index is 0.150. The molecule has 0 aliphatic carbocycles. The van der Waals surface area contributed by atoms with Crippen LogP contribution in [0.25, 0.3) is 10.2 Å². The number of aryl methyl sites for hydroxylation is 1. The van der Waals surface area contributed by atoms with Crippen LogP contribution in [0.15, 0.2) is 30.3 Å². The van der Waals surface area contributed by atoms with Crippen molar-refractivity contribution in [3.8, 4) is 0 Å². The summed E-state index contributed by atoms with van der Waals surface area (Å²) in [6.45, 7) is 3.99. The van der Waals surface area contributed by atoms with E-state index in [-0.39, 0.29) is 11.3 Å². The lowest BCUT2D eigenvalue weighted by Crippen LogP contribution is -2.12. The summed E-state index contributed by atoms with van der Waals surface area (Å²) < 4.78 is 5.13. The third kappa shape index (κ3) is 2.95. The second-order valence-corrected chi connectivity index (χ2v) is 6.50. The predicted octanol–water partition coefficient (Wildman–Crippen LogP) is 4.60. The number of esters is 1. The van der Waals surface area contributed by atoms with Crippen LogP contribution in [-0.4, -0.2) is 29.6 Å². The number of para-hydroxylation sites is 1. The zero-order valence-electron chi connectivity index (χ0n) is 13.5. The molecule has 0 radical (unpaired) electrons. The molecule has 2 heterocycles. The average Bonchev–Trinajstić information content (AvgIpc) is 2.91. The normalized spacial score (nSPS) is 10.8. The molecule has 0 saturated carbocycles. The van der Waals surface area contributed by atoms with E-state index >= 15 is 0 Å². The molecule has 5 nitrogen and oxygen atoms in total. The highest BCUT2D eigenvalue weighted by Crippen LogP contribution is 2.38. The number of halogens is 1. The molecular weight excluding hydrogens is 346 g/mol. The standard InChI is InChI=1S/C17H16ClN3O2S/c1-4-23-16(22)13-10(2)12-14(19-17(18)20-15(12)24-13)21(3)11-8-6-5-7-9-11/h5-9H,4H2,1-3H3. The van der Waals surface area contributed by atoms with Crippen molar-refractivity contribution in [1.29, 1.82) is 0 Å². The first kappa shape index (κ1) is 16.7. The maximum Gasteiger partial charge on any atom is 0.348 e. The van der Waals surface area contributed by atoms with E-state index in [0.717, 1.165) is 16.6 Å². The summed E-state index contributed by atoms with van der Waals surface area (Å²) in [6, 6.07) is 9.83. The van der Waals surface area contributed by atoms with E-state index in [2.05, 4.69) is 9.97 Å². The van der Waals surface area contributed by atoms with Gasteiger partial charge in [-0.3, -0.25) is 0 Å². The molecule has 3 rings (SSSR count). The molecule has 1 aromatic carbocycles. The highest BCUT2D eigenvalue weighted by molar-refractivity contribution is 7.20. The number of anilines is 2. The Hall–Kier alpha value is -2.18. The highest BCUT2D eigenvalue weighted by atomic mass is 35.5. The number of carbonyl (C=O) groups is 1. The molecule has 0 N–H and O–H groups in total. The zero-order chi connectivity index (χ0) is 17.3. The van der Waals surface area contributed by atoms with Gasteiger partial charge in [0.1, 0.15) is 15.5 Å². The van der Waals surface area contributed by atoms with E-state index in [4.69, 9.17) is 16.3 Å². The van der Waals surface area contributed by atoms with Crippen molar-refractivity contribution in [1.82, 2.24) is 9.97 Å². The number of hydrogen-bond acceptors (Lipinski definition) is 6. The first-order valence-electron chi connectivity index (χ1n) is 7.45. The number of ether oxygens (including phenoxy) is 1. The molecule has 0 aliphatic heterocycles. The maximum atomic E-state index is 12.2. The van der Waals surface area contributed by atoms with Gasteiger partial charge in [0.15, 0.2) is 0 Å². The van der Waals surface area contributed by atoms with Crippen LogP contribution < -0.4 is 4.90 Å². The van der Waals surface area contributed by atoms with Gasteiger partial charge in [-0.05, 0) is 43.1 Å². The second-order valence-electron chi connectivity index (χ2n) is 5.17. The lowest BCUT2D eigenvalue weighted by molar-refractivity contribution is 0.0531. The Morgan fingerprint density at radius 2 is 2.00 bits per heavy atom. The highest BCUT2D eigenvalue weighted by Gasteiger charge is 2.23. The topological polar surface area (TPSA) is 55.3 Å². The van der Waals surface area contributed by atoms with E-state index in [1.807, 2.05) is 49.2 Å². The Kier molecular flexibility index (Phi) is 4.69. The van der Waals surface area contributed by atoms with Crippen LogP contribution in [0.1, 0.15) is 22.2 Å². The zero-order valence-corrected chi connectivity index (χ0v) is 15.1. The molecule has 0 saturated heterocycles. The van der Waals surface area contributed by atoms with Crippen LogP contribution in [0.3, 0.4) is 0 Å². The van der Waals surface area contributed by atoms with Crippen molar-refractivity contribution in [3.63, 3.8) is 0 Å². The van der Waals surface area contributed by atoms with Gasteiger partial charge in [0.05, 0.1) is 12.0 Å². The second kappa shape index (κ2) is 6.75. The molecule has 0 spiro atoms. The number of benzene rings is 1. The fraction of sp³-hybridized carbons (Fsp3) is 0.235. The Morgan fingerprint density at radius 3 is 2.67 bits per heavy atom. The lowest BCUT2D eigenvalue weighted by atomic mass is 10.2. The molecule has 0 aliphatic rings. The van der Waals surface area contributed by atoms with Gasteiger partial charge in [-0.25, -0.2) is 9.78 Å². The van der Waals surface area contributed by atoms with Crippen molar-refractivity contribution >= 4 is 50.6 Å². The van der Waals surface area contributed by atoms with Crippen LogP contribution in [0, 0.1) is 6.92 Å². The van der Waals surface area contributed by atoms with Gasteiger partial charge in [0.25, 0.3) is 0 Å². The molecular formula is C17H16ClN3O2S. The quantitative estimate of drug-likeness (QED) is 0.502. The first-order chi connectivity index (χ1) is 11.5. The van der Waals surface area contributed by atoms with Crippen molar-refractivity contribution < 1.29 is 9.53 Å². The Morgan fingerprint density at radius 1 is 1.29 bits per heavy atom. The molecule has 7 heteroatoms. The summed E-state index contributed by atoms with van der Waals surface area (Å²) in [5.41, 5.74) is 1.78. The number of rotatable bonds is 4. The van der Waals surface area contributed by atoms with E-state index in [1.54, 1.807) is 6.92 Å². The van der Waals surface area contributed by atoms with Crippen molar-refractivity contribution in [3.05, 3.63) is 46.1 Å². The minimum Gasteiger partial charge on any atom is -0.462 e. The minimum atomic E-state index is -0.345. The molecule has 0 unspecified atom stereocenters. The summed E-state index contributed by atoms with van der Waals surface area (Å²) in [4.78, 5) is 24.0. The molecule has 124 valence electrons. The van der Waals surface area contributed by atoms with Gasteiger partial charge in [0, 0.05) is 12.7 Å². The fourth-order valence-corrected chi connectivity index (χ4v) is 3.78. The van der Waals surface area contributed by atoms with E-state index in [0.29, 0.717) is 22.1 Å². The molecule has 0 amide bonds. The predicted molar refractivity (Wildman–Crippen MR) is 97.6 cm³/mol.